The molecule has 0 fully saturated rings. The van der Waals surface area contributed by atoms with Gasteiger partial charge in [0.25, 0.3) is 0 Å². The maximum absolute atomic E-state index is 11.9. The number of hydrogen-bond acceptors (Lipinski definition) is 6. The molecule has 3 rings (SSSR count). The van der Waals surface area contributed by atoms with Gasteiger partial charge in [-0.1, -0.05) is 43.7 Å². The minimum atomic E-state index is -3.40. The number of benzene rings is 2. The lowest BCUT2D eigenvalue weighted by atomic mass is 10.3. The Hall–Kier alpha value is -3.13. The molecule has 0 atom stereocenters. The summed E-state index contributed by atoms with van der Waals surface area (Å²) in [6, 6.07) is 20.2. The Morgan fingerprint density at radius 2 is 1.57 bits per heavy atom. The summed E-state index contributed by atoms with van der Waals surface area (Å²) in [7, 11) is -3.40. The van der Waals surface area contributed by atoms with Gasteiger partial charge in [0.2, 0.25) is 10.0 Å². The Morgan fingerprint density at radius 3 is 2.29 bits per heavy atom. The largest absolute Gasteiger partial charge is 0.455 e. The van der Waals surface area contributed by atoms with Crippen LogP contribution in [-0.4, -0.2) is 24.4 Å². The van der Waals surface area contributed by atoms with E-state index in [2.05, 4.69) is 20.2 Å². The van der Waals surface area contributed by atoms with Gasteiger partial charge in [-0.15, -0.1) is 10.2 Å². The second kappa shape index (κ2) is 9.18. The molecule has 2 N–H and O–H groups in total. The Morgan fingerprint density at radius 1 is 0.893 bits per heavy atom. The first-order valence-electron chi connectivity index (χ1n) is 8.99. The van der Waals surface area contributed by atoms with Gasteiger partial charge in [-0.25, -0.2) is 8.42 Å². The summed E-state index contributed by atoms with van der Waals surface area (Å²) < 4.78 is 32.2. The second-order valence-electron chi connectivity index (χ2n) is 6.11. The van der Waals surface area contributed by atoms with Gasteiger partial charge in [0, 0.05) is 0 Å². The van der Waals surface area contributed by atoms with Crippen LogP contribution in [-0.2, 0) is 10.0 Å². The highest BCUT2D eigenvalue weighted by molar-refractivity contribution is 7.92. The Bertz CT molecular complexity index is 993. The third kappa shape index (κ3) is 5.68. The van der Waals surface area contributed by atoms with Crippen molar-refractivity contribution in [3.8, 4) is 11.5 Å². The van der Waals surface area contributed by atoms with Crippen molar-refractivity contribution in [2.45, 2.75) is 19.8 Å². The lowest BCUT2D eigenvalue weighted by Crippen LogP contribution is -2.17. The second-order valence-corrected chi connectivity index (χ2v) is 7.96. The monoisotopic (exact) mass is 398 g/mol. The topological polar surface area (TPSA) is 93.2 Å². The average molecular weight is 398 g/mol. The number of unbranched alkanes of at least 4 members (excludes halogenated alkanes) is 1. The van der Waals surface area contributed by atoms with Gasteiger partial charge in [0.1, 0.15) is 5.75 Å². The highest BCUT2D eigenvalue weighted by atomic mass is 32.2. The summed E-state index contributed by atoms with van der Waals surface area (Å²) in [6.07, 6.45) is 1.40. The SMILES string of the molecule is CCCCS(=O)(=O)Nc1ccc(Nc2ccccc2Oc2ccccc2)nn1. The minimum Gasteiger partial charge on any atom is -0.455 e. The fourth-order valence-electron chi connectivity index (χ4n) is 2.41. The summed E-state index contributed by atoms with van der Waals surface area (Å²) in [6.45, 7) is 1.94. The maximum atomic E-state index is 11.9. The summed E-state index contributed by atoms with van der Waals surface area (Å²) in [5.74, 6) is 2.09. The smallest absolute Gasteiger partial charge is 0.233 e. The van der Waals surface area contributed by atoms with Crippen LogP contribution in [0.1, 0.15) is 19.8 Å². The molecule has 0 radical (unpaired) electrons. The zero-order valence-electron chi connectivity index (χ0n) is 15.5. The number of nitrogens with one attached hydrogen (secondary N) is 2. The number of aromatic nitrogens is 2. The summed E-state index contributed by atoms with van der Waals surface area (Å²) in [5.41, 5.74) is 0.719. The molecule has 0 spiro atoms. The van der Waals surface area contributed by atoms with Crippen molar-refractivity contribution in [1.29, 1.82) is 0 Å². The van der Waals surface area contributed by atoms with Crippen LogP contribution in [0.25, 0.3) is 0 Å². The molecule has 1 aromatic heterocycles. The highest BCUT2D eigenvalue weighted by Crippen LogP contribution is 2.30. The first-order valence-corrected chi connectivity index (χ1v) is 10.6. The summed E-state index contributed by atoms with van der Waals surface area (Å²) >= 11 is 0. The number of ether oxygens (including phenoxy) is 1. The van der Waals surface area contributed by atoms with Crippen molar-refractivity contribution < 1.29 is 13.2 Å². The van der Waals surface area contributed by atoms with Crippen LogP contribution in [0.5, 0.6) is 11.5 Å². The molecule has 7 nitrogen and oxygen atoms in total. The first kappa shape index (κ1) is 19.6. The number of para-hydroxylation sites is 3. The molecule has 146 valence electrons. The van der Waals surface area contributed by atoms with E-state index < -0.39 is 10.0 Å². The number of anilines is 3. The zero-order chi connectivity index (χ0) is 19.8. The van der Waals surface area contributed by atoms with Crippen LogP contribution in [0.2, 0.25) is 0 Å². The van der Waals surface area contributed by atoms with Gasteiger partial charge >= 0.3 is 0 Å². The predicted molar refractivity (Wildman–Crippen MR) is 111 cm³/mol. The van der Waals surface area contributed by atoms with E-state index in [1.165, 1.54) is 0 Å². The molecule has 0 unspecified atom stereocenters. The van der Waals surface area contributed by atoms with E-state index in [9.17, 15) is 8.42 Å². The summed E-state index contributed by atoms with van der Waals surface area (Å²) in [4.78, 5) is 0. The van der Waals surface area contributed by atoms with Crippen LogP contribution < -0.4 is 14.8 Å². The number of nitrogens with zero attached hydrogens (tertiary/aromatic N) is 2. The number of sulfonamides is 1. The van der Waals surface area contributed by atoms with Crippen LogP contribution in [0.4, 0.5) is 17.3 Å². The normalized spacial score (nSPS) is 11.0. The highest BCUT2D eigenvalue weighted by Gasteiger charge is 2.11. The molecule has 0 amide bonds. The fourth-order valence-corrected chi connectivity index (χ4v) is 3.61. The molecule has 3 aromatic rings. The number of rotatable bonds is 9. The molecule has 8 heteroatoms. The molecule has 2 aromatic carbocycles. The molecule has 0 bridgehead atoms. The van der Waals surface area contributed by atoms with E-state index in [1.54, 1.807) is 12.1 Å². The lowest BCUT2D eigenvalue weighted by molar-refractivity contribution is 0.485. The zero-order valence-corrected chi connectivity index (χ0v) is 16.3. The third-order valence-corrected chi connectivity index (χ3v) is 5.16. The van der Waals surface area contributed by atoms with E-state index in [0.717, 1.165) is 17.9 Å². The van der Waals surface area contributed by atoms with E-state index >= 15 is 0 Å². The molecule has 0 aliphatic rings. The van der Waals surface area contributed by atoms with Gasteiger partial charge in [-0.05, 0) is 42.8 Å². The van der Waals surface area contributed by atoms with E-state index in [4.69, 9.17) is 4.74 Å². The molecular weight excluding hydrogens is 376 g/mol. The maximum Gasteiger partial charge on any atom is 0.233 e. The van der Waals surface area contributed by atoms with Gasteiger partial charge in [-0.3, -0.25) is 4.72 Å². The van der Waals surface area contributed by atoms with Crippen molar-refractivity contribution in [3.63, 3.8) is 0 Å². The molecule has 0 aliphatic heterocycles. The van der Waals surface area contributed by atoms with E-state index in [-0.39, 0.29) is 11.6 Å². The fraction of sp³-hybridized carbons (Fsp3) is 0.200. The van der Waals surface area contributed by atoms with Crippen molar-refractivity contribution >= 4 is 27.3 Å². The van der Waals surface area contributed by atoms with Crippen LogP contribution in [0, 0.1) is 0 Å². The molecule has 0 aliphatic carbocycles. The first-order chi connectivity index (χ1) is 13.6. The summed E-state index contributed by atoms with van der Waals surface area (Å²) in [5, 5.41) is 11.1. The van der Waals surface area contributed by atoms with E-state index in [1.807, 2.05) is 61.5 Å². The minimum absolute atomic E-state index is 0.0649. The number of hydrogen-bond donors (Lipinski definition) is 2. The van der Waals surface area contributed by atoms with Gasteiger partial charge in [0.15, 0.2) is 17.4 Å². The van der Waals surface area contributed by atoms with Crippen molar-refractivity contribution in [1.82, 2.24) is 10.2 Å². The molecular formula is C20H22N4O3S. The third-order valence-electron chi connectivity index (χ3n) is 3.81. The van der Waals surface area contributed by atoms with Gasteiger partial charge in [0.05, 0.1) is 11.4 Å². The van der Waals surface area contributed by atoms with Crippen molar-refractivity contribution in [2.75, 3.05) is 15.8 Å². The van der Waals surface area contributed by atoms with Crippen molar-refractivity contribution in [2.24, 2.45) is 0 Å². The Balaban J connectivity index is 1.69. The van der Waals surface area contributed by atoms with Crippen LogP contribution in [0.15, 0.2) is 66.7 Å². The quantitative estimate of drug-likeness (QED) is 0.549. The standard InChI is InChI=1S/C20H22N4O3S/c1-2-3-15-28(25,26)24-20-14-13-19(22-23-20)21-17-11-7-8-12-18(17)27-16-9-5-4-6-10-16/h4-14H,2-3,15H2,1H3,(H,21,22)(H,23,24). The van der Waals surface area contributed by atoms with Gasteiger partial charge in [-0.2, -0.15) is 0 Å². The van der Waals surface area contributed by atoms with Crippen LogP contribution >= 0.6 is 0 Å². The molecule has 28 heavy (non-hydrogen) atoms. The molecule has 1 heterocycles. The molecule has 0 saturated carbocycles. The predicted octanol–water partition coefficient (Wildman–Crippen LogP) is 4.55. The van der Waals surface area contributed by atoms with Crippen molar-refractivity contribution in [3.05, 3.63) is 66.7 Å². The molecule has 0 saturated heterocycles. The lowest BCUT2D eigenvalue weighted by Gasteiger charge is -2.12. The Kier molecular flexibility index (Phi) is 6.44. The Labute approximate surface area is 164 Å². The van der Waals surface area contributed by atoms with E-state index in [0.29, 0.717) is 18.0 Å². The average Bonchev–Trinajstić information content (AvgIpc) is 2.70. The van der Waals surface area contributed by atoms with Gasteiger partial charge < -0.3 is 10.1 Å². The van der Waals surface area contributed by atoms with Crippen LogP contribution in [0.3, 0.4) is 0 Å².